The molecule has 0 bridgehead atoms. The Kier molecular flexibility index (Phi) is 3.72. The molecule has 1 aromatic carbocycles. The van der Waals surface area contributed by atoms with Crippen LogP contribution in [0.5, 0.6) is 0 Å². The SMILES string of the molecule is CCN(Cc1cc(F)cc(C#N)c1)C1CNC1. The van der Waals surface area contributed by atoms with Gasteiger partial charge < -0.3 is 5.32 Å². The molecule has 0 spiro atoms. The molecule has 1 heterocycles. The summed E-state index contributed by atoms with van der Waals surface area (Å²) in [6.45, 7) is 5.73. The minimum absolute atomic E-state index is 0.332. The smallest absolute Gasteiger partial charge is 0.124 e. The first-order valence-electron chi connectivity index (χ1n) is 5.87. The van der Waals surface area contributed by atoms with E-state index in [2.05, 4.69) is 17.1 Å². The summed E-state index contributed by atoms with van der Waals surface area (Å²) in [5.74, 6) is -0.332. The summed E-state index contributed by atoms with van der Waals surface area (Å²) in [6.07, 6.45) is 0. The average Bonchev–Trinajstić information content (AvgIpc) is 2.24. The number of benzene rings is 1. The van der Waals surface area contributed by atoms with Gasteiger partial charge in [0, 0.05) is 25.7 Å². The van der Waals surface area contributed by atoms with Gasteiger partial charge in [-0.05, 0) is 30.3 Å². The molecule has 1 aromatic rings. The van der Waals surface area contributed by atoms with E-state index in [4.69, 9.17) is 5.26 Å². The van der Waals surface area contributed by atoms with E-state index >= 15 is 0 Å². The maximum absolute atomic E-state index is 13.3. The lowest BCUT2D eigenvalue weighted by atomic mass is 10.1. The zero-order valence-corrected chi connectivity index (χ0v) is 9.91. The number of likely N-dealkylation sites (N-methyl/N-ethyl adjacent to an activating group) is 1. The molecule has 0 unspecified atom stereocenters. The minimum atomic E-state index is -0.332. The molecule has 4 heteroatoms. The third-order valence-electron chi connectivity index (χ3n) is 3.15. The minimum Gasteiger partial charge on any atom is -0.314 e. The molecular weight excluding hydrogens is 217 g/mol. The average molecular weight is 233 g/mol. The van der Waals surface area contributed by atoms with Gasteiger partial charge in [0.05, 0.1) is 11.6 Å². The van der Waals surface area contributed by atoms with Gasteiger partial charge in [-0.25, -0.2) is 4.39 Å². The fraction of sp³-hybridized carbons (Fsp3) is 0.462. The summed E-state index contributed by atoms with van der Waals surface area (Å²) >= 11 is 0. The highest BCUT2D eigenvalue weighted by atomic mass is 19.1. The van der Waals surface area contributed by atoms with Crippen molar-refractivity contribution >= 4 is 0 Å². The Morgan fingerprint density at radius 3 is 2.76 bits per heavy atom. The zero-order valence-electron chi connectivity index (χ0n) is 9.91. The second-order valence-corrected chi connectivity index (χ2v) is 4.34. The Bertz CT molecular complexity index is 435. The molecule has 0 saturated carbocycles. The summed E-state index contributed by atoms with van der Waals surface area (Å²) < 4.78 is 13.3. The van der Waals surface area contributed by atoms with Crippen molar-refractivity contribution in [2.75, 3.05) is 19.6 Å². The lowest BCUT2D eigenvalue weighted by Crippen LogP contribution is -2.56. The number of hydrogen-bond acceptors (Lipinski definition) is 3. The van der Waals surface area contributed by atoms with Gasteiger partial charge in [-0.3, -0.25) is 4.90 Å². The number of nitrogens with one attached hydrogen (secondary N) is 1. The van der Waals surface area contributed by atoms with Crippen LogP contribution in [0.15, 0.2) is 18.2 Å². The summed E-state index contributed by atoms with van der Waals surface area (Å²) in [5, 5.41) is 12.0. The largest absolute Gasteiger partial charge is 0.314 e. The van der Waals surface area contributed by atoms with Gasteiger partial charge in [-0.2, -0.15) is 5.26 Å². The monoisotopic (exact) mass is 233 g/mol. The molecule has 3 nitrogen and oxygen atoms in total. The Balaban J connectivity index is 2.11. The van der Waals surface area contributed by atoms with E-state index in [1.807, 2.05) is 6.07 Å². The van der Waals surface area contributed by atoms with E-state index in [0.29, 0.717) is 18.2 Å². The van der Waals surface area contributed by atoms with E-state index in [-0.39, 0.29) is 5.82 Å². The van der Waals surface area contributed by atoms with Crippen molar-refractivity contribution in [2.24, 2.45) is 0 Å². The number of nitrogens with zero attached hydrogens (tertiary/aromatic N) is 2. The lowest BCUT2D eigenvalue weighted by Gasteiger charge is -2.37. The Hall–Kier alpha value is -1.44. The van der Waals surface area contributed by atoms with Crippen LogP contribution in [-0.4, -0.2) is 30.6 Å². The number of halogens is 1. The highest BCUT2D eigenvalue weighted by Crippen LogP contribution is 2.14. The molecule has 0 amide bonds. The highest BCUT2D eigenvalue weighted by Gasteiger charge is 2.23. The van der Waals surface area contributed by atoms with Gasteiger partial charge >= 0.3 is 0 Å². The van der Waals surface area contributed by atoms with Crippen LogP contribution >= 0.6 is 0 Å². The van der Waals surface area contributed by atoms with Crippen molar-refractivity contribution in [3.05, 3.63) is 35.1 Å². The van der Waals surface area contributed by atoms with E-state index in [1.54, 1.807) is 6.07 Å². The van der Waals surface area contributed by atoms with Gasteiger partial charge in [-0.1, -0.05) is 6.92 Å². The quantitative estimate of drug-likeness (QED) is 0.856. The predicted molar refractivity (Wildman–Crippen MR) is 63.9 cm³/mol. The van der Waals surface area contributed by atoms with Gasteiger partial charge in [-0.15, -0.1) is 0 Å². The van der Waals surface area contributed by atoms with Crippen molar-refractivity contribution in [1.29, 1.82) is 5.26 Å². The topological polar surface area (TPSA) is 39.1 Å². The number of hydrogen-bond donors (Lipinski definition) is 1. The second kappa shape index (κ2) is 5.26. The molecule has 17 heavy (non-hydrogen) atoms. The second-order valence-electron chi connectivity index (χ2n) is 4.34. The molecule has 1 saturated heterocycles. The molecule has 0 aromatic heterocycles. The first-order chi connectivity index (χ1) is 8.22. The standard InChI is InChI=1S/C13H16FN3/c1-2-17(13-7-16-8-13)9-11-3-10(6-15)4-12(14)5-11/h3-5,13,16H,2,7-9H2,1H3. The molecular formula is C13H16FN3. The van der Waals surface area contributed by atoms with Crippen LogP contribution in [0.4, 0.5) is 4.39 Å². The zero-order chi connectivity index (χ0) is 12.3. The van der Waals surface area contributed by atoms with E-state index < -0.39 is 0 Å². The fourth-order valence-corrected chi connectivity index (χ4v) is 2.07. The third-order valence-corrected chi connectivity index (χ3v) is 3.15. The van der Waals surface area contributed by atoms with Crippen LogP contribution in [0.1, 0.15) is 18.1 Å². The molecule has 0 aliphatic carbocycles. The Morgan fingerprint density at radius 2 is 2.24 bits per heavy atom. The first-order valence-corrected chi connectivity index (χ1v) is 5.87. The van der Waals surface area contributed by atoms with Crippen molar-refractivity contribution in [3.63, 3.8) is 0 Å². The molecule has 1 aliphatic heterocycles. The summed E-state index contributed by atoms with van der Waals surface area (Å²) in [4.78, 5) is 2.30. The molecule has 0 radical (unpaired) electrons. The maximum Gasteiger partial charge on any atom is 0.124 e. The predicted octanol–water partition coefficient (Wildman–Crippen LogP) is 1.49. The van der Waals surface area contributed by atoms with Crippen LogP contribution < -0.4 is 5.32 Å². The lowest BCUT2D eigenvalue weighted by molar-refractivity contribution is 0.145. The first kappa shape index (κ1) is 12.0. The van der Waals surface area contributed by atoms with Crippen LogP contribution in [0.25, 0.3) is 0 Å². The van der Waals surface area contributed by atoms with Crippen molar-refractivity contribution in [1.82, 2.24) is 10.2 Å². The molecule has 1 aliphatic rings. The van der Waals surface area contributed by atoms with Crippen molar-refractivity contribution in [2.45, 2.75) is 19.5 Å². The summed E-state index contributed by atoms with van der Waals surface area (Å²) in [6, 6.07) is 7.06. The fourth-order valence-electron chi connectivity index (χ4n) is 2.07. The van der Waals surface area contributed by atoms with E-state index in [1.165, 1.54) is 12.1 Å². The molecule has 2 rings (SSSR count). The van der Waals surface area contributed by atoms with E-state index in [9.17, 15) is 4.39 Å². The van der Waals surface area contributed by atoms with Crippen molar-refractivity contribution in [3.8, 4) is 6.07 Å². The maximum atomic E-state index is 13.3. The Morgan fingerprint density at radius 1 is 1.47 bits per heavy atom. The number of nitriles is 1. The van der Waals surface area contributed by atoms with Crippen LogP contribution in [0, 0.1) is 17.1 Å². The van der Waals surface area contributed by atoms with Crippen molar-refractivity contribution < 1.29 is 4.39 Å². The van der Waals surface area contributed by atoms with Crippen LogP contribution in [-0.2, 0) is 6.54 Å². The van der Waals surface area contributed by atoms with Gasteiger partial charge in [0.2, 0.25) is 0 Å². The molecule has 90 valence electrons. The third kappa shape index (κ3) is 2.82. The van der Waals surface area contributed by atoms with E-state index in [0.717, 1.165) is 25.2 Å². The molecule has 1 fully saturated rings. The van der Waals surface area contributed by atoms with Gasteiger partial charge in [0.15, 0.2) is 0 Å². The summed E-state index contributed by atoms with van der Waals surface area (Å²) in [5.41, 5.74) is 1.26. The summed E-state index contributed by atoms with van der Waals surface area (Å²) in [7, 11) is 0. The highest BCUT2D eigenvalue weighted by molar-refractivity contribution is 5.33. The number of rotatable bonds is 4. The normalized spacial score (nSPS) is 15.6. The van der Waals surface area contributed by atoms with Crippen LogP contribution in [0.2, 0.25) is 0 Å². The van der Waals surface area contributed by atoms with Gasteiger partial charge in [0.25, 0.3) is 0 Å². The molecule has 0 atom stereocenters. The molecule has 1 N–H and O–H groups in total. The van der Waals surface area contributed by atoms with Gasteiger partial charge in [0.1, 0.15) is 5.82 Å². The van der Waals surface area contributed by atoms with Crippen LogP contribution in [0.3, 0.4) is 0 Å². The Labute approximate surface area is 101 Å².